The van der Waals surface area contributed by atoms with E-state index in [-0.39, 0.29) is 5.91 Å². The SMILES string of the molecule is CC(C)CC1CCN(C(=O)c2cc3ncccn3n2)C1. The summed E-state index contributed by atoms with van der Waals surface area (Å²) in [7, 11) is 0. The lowest BCUT2D eigenvalue weighted by Crippen LogP contribution is -2.29. The lowest BCUT2D eigenvalue weighted by Gasteiger charge is -2.16. The Morgan fingerprint density at radius 3 is 3.10 bits per heavy atom. The van der Waals surface area contributed by atoms with E-state index in [1.54, 1.807) is 16.8 Å². The van der Waals surface area contributed by atoms with Gasteiger partial charge < -0.3 is 4.90 Å². The van der Waals surface area contributed by atoms with Gasteiger partial charge in [-0.2, -0.15) is 5.10 Å². The standard InChI is InChI=1S/C15H20N4O/c1-11(2)8-12-4-7-18(10-12)15(20)13-9-14-16-5-3-6-19(14)17-13/h3,5-6,9,11-12H,4,7-8,10H2,1-2H3. The normalized spacial score (nSPS) is 19.1. The van der Waals surface area contributed by atoms with Crippen LogP contribution >= 0.6 is 0 Å². The number of nitrogens with zero attached hydrogens (tertiary/aromatic N) is 4. The molecule has 3 rings (SSSR count). The van der Waals surface area contributed by atoms with E-state index in [2.05, 4.69) is 23.9 Å². The maximum Gasteiger partial charge on any atom is 0.274 e. The van der Waals surface area contributed by atoms with Crippen molar-refractivity contribution in [2.75, 3.05) is 13.1 Å². The van der Waals surface area contributed by atoms with E-state index in [1.807, 2.05) is 17.2 Å². The van der Waals surface area contributed by atoms with Crippen LogP contribution in [0.25, 0.3) is 5.65 Å². The molecule has 0 saturated carbocycles. The van der Waals surface area contributed by atoms with Gasteiger partial charge in [-0.05, 0) is 30.7 Å². The molecule has 3 heterocycles. The lowest BCUT2D eigenvalue weighted by atomic mass is 9.97. The molecule has 0 bridgehead atoms. The molecule has 0 aromatic carbocycles. The number of rotatable bonds is 3. The van der Waals surface area contributed by atoms with E-state index in [4.69, 9.17) is 0 Å². The third-order valence-corrected chi connectivity index (χ3v) is 3.83. The predicted molar refractivity (Wildman–Crippen MR) is 76.5 cm³/mol. The summed E-state index contributed by atoms with van der Waals surface area (Å²) in [5, 5.41) is 4.31. The zero-order valence-corrected chi connectivity index (χ0v) is 12.0. The van der Waals surface area contributed by atoms with Gasteiger partial charge in [0, 0.05) is 31.5 Å². The Morgan fingerprint density at radius 1 is 1.50 bits per heavy atom. The van der Waals surface area contributed by atoms with Gasteiger partial charge in [-0.1, -0.05) is 13.8 Å². The first kappa shape index (κ1) is 13.1. The third kappa shape index (κ3) is 2.53. The lowest BCUT2D eigenvalue weighted by molar-refractivity contribution is 0.0779. The molecular formula is C15H20N4O. The largest absolute Gasteiger partial charge is 0.337 e. The Morgan fingerprint density at radius 2 is 2.35 bits per heavy atom. The van der Waals surface area contributed by atoms with Gasteiger partial charge in [0.25, 0.3) is 5.91 Å². The number of carbonyl (C=O) groups excluding carboxylic acids is 1. The Kier molecular flexibility index (Phi) is 3.42. The second-order valence-corrected chi connectivity index (χ2v) is 5.99. The van der Waals surface area contributed by atoms with Gasteiger partial charge >= 0.3 is 0 Å². The molecule has 0 radical (unpaired) electrons. The maximum atomic E-state index is 12.5. The van der Waals surface area contributed by atoms with Crippen molar-refractivity contribution in [2.45, 2.75) is 26.7 Å². The summed E-state index contributed by atoms with van der Waals surface area (Å²) in [4.78, 5) is 18.6. The minimum absolute atomic E-state index is 0.0294. The van der Waals surface area contributed by atoms with Gasteiger partial charge in [0.1, 0.15) is 0 Å². The van der Waals surface area contributed by atoms with E-state index >= 15 is 0 Å². The predicted octanol–water partition coefficient (Wildman–Crippen LogP) is 2.24. The fourth-order valence-corrected chi connectivity index (χ4v) is 2.97. The summed E-state index contributed by atoms with van der Waals surface area (Å²) in [5.74, 6) is 1.35. The molecule has 5 nitrogen and oxygen atoms in total. The molecule has 0 aliphatic carbocycles. The summed E-state index contributed by atoms with van der Waals surface area (Å²) >= 11 is 0. The van der Waals surface area contributed by atoms with Crippen LogP contribution < -0.4 is 0 Å². The number of hydrogen-bond acceptors (Lipinski definition) is 3. The quantitative estimate of drug-likeness (QED) is 0.861. The first-order valence-electron chi connectivity index (χ1n) is 7.23. The average Bonchev–Trinajstić information content (AvgIpc) is 3.03. The number of amides is 1. The summed E-state index contributed by atoms with van der Waals surface area (Å²) in [6.45, 7) is 6.17. The summed E-state index contributed by atoms with van der Waals surface area (Å²) in [5.41, 5.74) is 1.21. The molecule has 1 amide bonds. The van der Waals surface area contributed by atoms with Gasteiger partial charge in [0.15, 0.2) is 11.3 Å². The van der Waals surface area contributed by atoms with Crippen molar-refractivity contribution in [3.63, 3.8) is 0 Å². The first-order chi connectivity index (χ1) is 9.63. The highest BCUT2D eigenvalue weighted by Crippen LogP contribution is 2.24. The fraction of sp³-hybridized carbons (Fsp3) is 0.533. The zero-order chi connectivity index (χ0) is 14.1. The van der Waals surface area contributed by atoms with Crippen LogP contribution in [0.5, 0.6) is 0 Å². The molecule has 2 aromatic rings. The van der Waals surface area contributed by atoms with Crippen LogP contribution in [0.4, 0.5) is 0 Å². The summed E-state index contributed by atoms with van der Waals surface area (Å²) in [6.07, 6.45) is 5.82. The second-order valence-electron chi connectivity index (χ2n) is 5.99. The zero-order valence-electron chi connectivity index (χ0n) is 12.0. The Bertz CT molecular complexity index is 586. The van der Waals surface area contributed by atoms with Crippen LogP contribution in [0.1, 0.15) is 37.2 Å². The monoisotopic (exact) mass is 272 g/mol. The minimum atomic E-state index is 0.0294. The third-order valence-electron chi connectivity index (χ3n) is 3.83. The molecule has 1 saturated heterocycles. The van der Waals surface area contributed by atoms with Gasteiger partial charge in [-0.3, -0.25) is 4.79 Å². The molecule has 1 unspecified atom stereocenters. The fourth-order valence-electron chi connectivity index (χ4n) is 2.97. The topological polar surface area (TPSA) is 50.5 Å². The smallest absolute Gasteiger partial charge is 0.274 e. The Hall–Kier alpha value is -1.91. The van der Waals surface area contributed by atoms with Gasteiger partial charge in [0.05, 0.1) is 0 Å². The van der Waals surface area contributed by atoms with Crippen LogP contribution in [-0.4, -0.2) is 38.5 Å². The van der Waals surface area contributed by atoms with Crippen molar-refractivity contribution in [2.24, 2.45) is 11.8 Å². The number of aromatic nitrogens is 3. The maximum absolute atomic E-state index is 12.5. The van der Waals surface area contributed by atoms with E-state index < -0.39 is 0 Å². The van der Waals surface area contributed by atoms with E-state index in [0.717, 1.165) is 19.5 Å². The first-order valence-corrected chi connectivity index (χ1v) is 7.23. The average molecular weight is 272 g/mol. The molecule has 1 aliphatic heterocycles. The molecule has 0 N–H and O–H groups in total. The molecule has 20 heavy (non-hydrogen) atoms. The van der Waals surface area contributed by atoms with Crippen LogP contribution in [0, 0.1) is 11.8 Å². The highest BCUT2D eigenvalue weighted by molar-refractivity contribution is 5.93. The van der Waals surface area contributed by atoms with Crippen LogP contribution in [0.15, 0.2) is 24.5 Å². The molecule has 5 heteroatoms. The van der Waals surface area contributed by atoms with Crippen LogP contribution in [0.3, 0.4) is 0 Å². The Balaban J connectivity index is 1.73. The minimum Gasteiger partial charge on any atom is -0.337 e. The molecule has 1 fully saturated rings. The second kappa shape index (κ2) is 5.23. The van der Waals surface area contributed by atoms with Crippen molar-refractivity contribution in [3.05, 3.63) is 30.2 Å². The molecular weight excluding hydrogens is 252 g/mol. The van der Waals surface area contributed by atoms with Gasteiger partial charge in [-0.25, -0.2) is 9.50 Å². The highest BCUT2D eigenvalue weighted by Gasteiger charge is 2.28. The Labute approximate surface area is 118 Å². The number of likely N-dealkylation sites (tertiary alicyclic amines) is 1. The van der Waals surface area contributed by atoms with Gasteiger partial charge in [-0.15, -0.1) is 0 Å². The molecule has 1 aliphatic rings. The van der Waals surface area contributed by atoms with Gasteiger partial charge in [0.2, 0.25) is 0 Å². The molecule has 106 valence electrons. The van der Waals surface area contributed by atoms with E-state index in [9.17, 15) is 4.79 Å². The van der Waals surface area contributed by atoms with Crippen LogP contribution in [-0.2, 0) is 0 Å². The van der Waals surface area contributed by atoms with Crippen molar-refractivity contribution in [1.82, 2.24) is 19.5 Å². The van der Waals surface area contributed by atoms with Crippen molar-refractivity contribution >= 4 is 11.6 Å². The highest BCUT2D eigenvalue weighted by atomic mass is 16.2. The summed E-state index contributed by atoms with van der Waals surface area (Å²) in [6, 6.07) is 3.57. The number of carbonyl (C=O) groups is 1. The molecule has 0 spiro atoms. The molecule has 2 aromatic heterocycles. The molecule has 1 atom stereocenters. The van der Waals surface area contributed by atoms with Crippen LogP contribution in [0.2, 0.25) is 0 Å². The van der Waals surface area contributed by atoms with Crippen molar-refractivity contribution in [3.8, 4) is 0 Å². The van der Waals surface area contributed by atoms with Crippen molar-refractivity contribution < 1.29 is 4.79 Å². The van der Waals surface area contributed by atoms with E-state index in [0.29, 0.717) is 23.2 Å². The number of hydrogen-bond donors (Lipinski definition) is 0. The van der Waals surface area contributed by atoms with E-state index in [1.165, 1.54) is 6.42 Å². The summed E-state index contributed by atoms with van der Waals surface area (Å²) < 4.78 is 1.65. The number of fused-ring (bicyclic) bond motifs is 1. The van der Waals surface area contributed by atoms with Crippen molar-refractivity contribution in [1.29, 1.82) is 0 Å².